The highest BCUT2D eigenvalue weighted by Gasteiger charge is 2.22. The van der Waals surface area contributed by atoms with Gasteiger partial charge in [-0.1, -0.05) is 6.07 Å². The number of ketones is 1. The Labute approximate surface area is 181 Å². The highest BCUT2D eigenvalue weighted by Crippen LogP contribution is 2.23. The van der Waals surface area contributed by atoms with Gasteiger partial charge in [-0.15, -0.1) is 0 Å². The van der Waals surface area contributed by atoms with Crippen LogP contribution >= 0.6 is 0 Å². The van der Waals surface area contributed by atoms with Gasteiger partial charge in [0, 0.05) is 22.6 Å². The SMILES string of the molecule is Cc1ccc(-n2c(C)cc(C(=O)COC(=O)[C@H](C)NC(=O)c3ccco3)c2C)cc1C. The van der Waals surface area contributed by atoms with Gasteiger partial charge < -0.3 is 19.0 Å². The minimum Gasteiger partial charge on any atom is -0.459 e. The maximum absolute atomic E-state index is 12.7. The van der Waals surface area contributed by atoms with Gasteiger partial charge in [0.1, 0.15) is 6.04 Å². The normalized spacial score (nSPS) is 11.8. The van der Waals surface area contributed by atoms with Crippen LogP contribution in [0.2, 0.25) is 0 Å². The van der Waals surface area contributed by atoms with E-state index in [-0.39, 0.29) is 11.5 Å². The van der Waals surface area contributed by atoms with E-state index in [1.807, 2.05) is 37.5 Å². The van der Waals surface area contributed by atoms with E-state index in [2.05, 4.69) is 18.3 Å². The number of amides is 1. The van der Waals surface area contributed by atoms with Gasteiger partial charge in [0.25, 0.3) is 5.91 Å². The summed E-state index contributed by atoms with van der Waals surface area (Å²) in [6, 6.07) is 10.1. The molecule has 0 unspecified atom stereocenters. The van der Waals surface area contributed by atoms with Gasteiger partial charge in [-0.2, -0.15) is 0 Å². The first-order valence-corrected chi connectivity index (χ1v) is 9.99. The third-order valence-corrected chi connectivity index (χ3v) is 5.27. The first-order valence-electron chi connectivity index (χ1n) is 9.99. The van der Waals surface area contributed by atoms with Gasteiger partial charge in [-0.05, 0) is 76.1 Å². The van der Waals surface area contributed by atoms with E-state index in [4.69, 9.17) is 9.15 Å². The molecule has 0 aliphatic heterocycles. The molecule has 1 amide bonds. The molecule has 7 nitrogen and oxygen atoms in total. The minimum absolute atomic E-state index is 0.0921. The van der Waals surface area contributed by atoms with Crippen LogP contribution in [0, 0.1) is 27.7 Å². The van der Waals surface area contributed by atoms with E-state index in [0.29, 0.717) is 5.56 Å². The second-order valence-electron chi connectivity index (χ2n) is 7.59. The highest BCUT2D eigenvalue weighted by molar-refractivity contribution is 6.00. The van der Waals surface area contributed by atoms with Crippen LogP contribution in [0.15, 0.2) is 47.1 Å². The topological polar surface area (TPSA) is 90.5 Å². The Balaban J connectivity index is 1.66. The van der Waals surface area contributed by atoms with Crippen molar-refractivity contribution in [2.24, 2.45) is 0 Å². The molecular weight excluding hydrogens is 396 g/mol. The summed E-state index contributed by atoms with van der Waals surface area (Å²) in [6.45, 7) is 8.97. The van der Waals surface area contributed by atoms with E-state index < -0.39 is 24.5 Å². The van der Waals surface area contributed by atoms with Crippen molar-refractivity contribution >= 4 is 17.7 Å². The number of hydrogen-bond acceptors (Lipinski definition) is 5. The van der Waals surface area contributed by atoms with E-state index in [0.717, 1.165) is 22.6 Å². The summed E-state index contributed by atoms with van der Waals surface area (Å²) in [6.07, 6.45) is 1.37. The van der Waals surface area contributed by atoms with Gasteiger partial charge in [-0.25, -0.2) is 4.79 Å². The Morgan fingerprint density at radius 3 is 2.45 bits per heavy atom. The maximum Gasteiger partial charge on any atom is 0.328 e. The molecule has 1 aromatic carbocycles. The average Bonchev–Trinajstić information content (AvgIpc) is 3.36. The number of furan rings is 1. The molecule has 0 fully saturated rings. The number of aryl methyl sites for hydroxylation is 3. The summed E-state index contributed by atoms with van der Waals surface area (Å²) in [7, 11) is 0. The first kappa shape index (κ1) is 22.1. The van der Waals surface area contributed by atoms with Crippen LogP contribution in [-0.4, -0.2) is 34.9 Å². The van der Waals surface area contributed by atoms with Gasteiger partial charge in [0.05, 0.1) is 6.26 Å². The fourth-order valence-electron chi connectivity index (χ4n) is 3.38. The second kappa shape index (κ2) is 9.04. The maximum atomic E-state index is 12.7. The van der Waals surface area contributed by atoms with Crippen LogP contribution in [0.1, 0.15) is 50.4 Å². The number of benzene rings is 1. The molecule has 0 saturated carbocycles. The fraction of sp³-hybridized carbons (Fsp3) is 0.292. The number of esters is 1. The van der Waals surface area contributed by atoms with E-state index >= 15 is 0 Å². The van der Waals surface area contributed by atoms with Gasteiger partial charge in [0.15, 0.2) is 12.4 Å². The molecule has 0 aliphatic rings. The molecule has 31 heavy (non-hydrogen) atoms. The zero-order valence-corrected chi connectivity index (χ0v) is 18.3. The highest BCUT2D eigenvalue weighted by atomic mass is 16.5. The summed E-state index contributed by atoms with van der Waals surface area (Å²) in [4.78, 5) is 36.9. The molecule has 0 radical (unpaired) electrons. The number of aromatic nitrogens is 1. The summed E-state index contributed by atoms with van der Waals surface area (Å²) >= 11 is 0. The number of nitrogens with one attached hydrogen (secondary N) is 1. The summed E-state index contributed by atoms with van der Waals surface area (Å²) in [5.41, 5.74) is 5.52. The predicted molar refractivity (Wildman–Crippen MR) is 116 cm³/mol. The molecule has 3 aromatic rings. The summed E-state index contributed by atoms with van der Waals surface area (Å²) in [5, 5.41) is 2.48. The molecule has 1 atom stereocenters. The number of hydrogen-bond donors (Lipinski definition) is 1. The number of carbonyl (C=O) groups excluding carboxylic acids is 3. The largest absolute Gasteiger partial charge is 0.459 e. The molecule has 0 bridgehead atoms. The van der Waals surface area contributed by atoms with Crippen molar-refractivity contribution in [3.8, 4) is 5.69 Å². The molecule has 162 valence electrons. The van der Waals surface area contributed by atoms with E-state index in [1.165, 1.54) is 24.8 Å². The third kappa shape index (κ3) is 4.77. The lowest BCUT2D eigenvalue weighted by molar-refractivity contribution is -0.144. The molecule has 2 aromatic heterocycles. The van der Waals surface area contributed by atoms with Crippen LogP contribution in [-0.2, 0) is 9.53 Å². The first-order chi connectivity index (χ1) is 14.7. The third-order valence-electron chi connectivity index (χ3n) is 5.27. The molecule has 0 aliphatic carbocycles. The van der Waals surface area contributed by atoms with Gasteiger partial charge >= 0.3 is 5.97 Å². The predicted octanol–water partition coefficient (Wildman–Crippen LogP) is 3.85. The second-order valence-corrected chi connectivity index (χ2v) is 7.59. The zero-order chi connectivity index (χ0) is 22.7. The molecule has 1 N–H and O–H groups in total. The Morgan fingerprint density at radius 2 is 1.81 bits per heavy atom. The van der Waals surface area contributed by atoms with Crippen LogP contribution in [0.25, 0.3) is 5.69 Å². The Morgan fingerprint density at radius 1 is 1.06 bits per heavy atom. The van der Waals surface area contributed by atoms with Crippen molar-refractivity contribution in [2.45, 2.75) is 40.7 Å². The molecular formula is C24H26N2O5. The van der Waals surface area contributed by atoms with Crippen molar-refractivity contribution in [1.29, 1.82) is 0 Å². The lowest BCUT2D eigenvalue weighted by atomic mass is 10.1. The fourth-order valence-corrected chi connectivity index (χ4v) is 3.38. The lowest BCUT2D eigenvalue weighted by Crippen LogP contribution is -2.40. The van der Waals surface area contributed by atoms with Crippen LogP contribution in [0.3, 0.4) is 0 Å². The van der Waals surface area contributed by atoms with Crippen molar-refractivity contribution in [2.75, 3.05) is 6.61 Å². The van der Waals surface area contributed by atoms with Crippen LogP contribution in [0.5, 0.6) is 0 Å². The smallest absolute Gasteiger partial charge is 0.328 e. The number of rotatable bonds is 7. The van der Waals surface area contributed by atoms with Crippen LogP contribution in [0.4, 0.5) is 0 Å². The molecule has 3 rings (SSSR count). The monoisotopic (exact) mass is 422 g/mol. The minimum atomic E-state index is -0.923. The van der Waals surface area contributed by atoms with Crippen molar-refractivity contribution < 1.29 is 23.5 Å². The summed E-state index contributed by atoms with van der Waals surface area (Å²) < 4.78 is 12.1. The standard InChI is InChI=1S/C24H26N2O5/c1-14-8-9-19(11-15(14)2)26-16(3)12-20(18(26)5)21(27)13-31-24(29)17(4)25-23(28)22-7-6-10-30-22/h6-12,17H,13H2,1-5H3,(H,25,28)/t17-/m0/s1. The van der Waals surface area contributed by atoms with E-state index in [1.54, 1.807) is 12.1 Å². The lowest BCUT2D eigenvalue weighted by Gasteiger charge is -2.13. The van der Waals surface area contributed by atoms with E-state index in [9.17, 15) is 14.4 Å². The molecule has 0 spiro atoms. The molecule has 0 saturated heterocycles. The number of carbonyl (C=O) groups is 3. The van der Waals surface area contributed by atoms with Gasteiger partial charge in [0.2, 0.25) is 5.78 Å². The van der Waals surface area contributed by atoms with Crippen molar-refractivity contribution in [1.82, 2.24) is 9.88 Å². The Bertz CT molecular complexity index is 1130. The Kier molecular flexibility index (Phi) is 6.44. The summed E-state index contributed by atoms with van der Waals surface area (Å²) in [5.74, 6) is -1.44. The quantitative estimate of drug-likeness (QED) is 0.461. The molecule has 7 heteroatoms. The number of nitrogens with zero attached hydrogens (tertiary/aromatic N) is 1. The zero-order valence-electron chi connectivity index (χ0n) is 18.3. The van der Waals surface area contributed by atoms with Gasteiger partial charge in [-0.3, -0.25) is 9.59 Å². The number of ether oxygens (including phenoxy) is 1. The van der Waals surface area contributed by atoms with Crippen molar-refractivity contribution in [3.05, 3.63) is 76.5 Å². The number of Topliss-reactive ketones (excluding diaryl/α,β-unsaturated/α-hetero) is 1. The van der Waals surface area contributed by atoms with Crippen LogP contribution < -0.4 is 5.32 Å². The Hall–Kier alpha value is -3.61. The average molecular weight is 422 g/mol. The molecule has 2 heterocycles. The van der Waals surface area contributed by atoms with Crippen molar-refractivity contribution in [3.63, 3.8) is 0 Å².